The highest BCUT2D eigenvalue weighted by Gasteiger charge is 2.45. The zero-order chi connectivity index (χ0) is 21.1. The molecule has 0 aliphatic carbocycles. The van der Waals surface area contributed by atoms with Crippen molar-refractivity contribution in [2.24, 2.45) is 5.16 Å². The Hall–Kier alpha value is -3.22. The van der Waals surface area contributed by atoms with E-state index in [-0.39, 0.29) is 11.8 Å². The van der Waals surface area contributed by atoms with Crippen LogP contribution in [0.15, 0.2) is 47.9 Å². The number of nitrogens with one attached hydrogen (secondary N) is 1. The van der Waals surface area contributed by atoms with Gasteiger partial charge in [0.1, 0.15) is 5.71 Å². The highest BCUT2D eigenvalue weighted by atomic mass is 16.7. The first kappa shape index (κ1) is 20.1. The normalized spacial score (nSPS) is 20.6. The lowest BCUT2D eigenvalue weighted by atomic mass is 9.87. The van der Waals surface area contributed by atoms with Crippen LogP contribution in [0.2, 0.25) is 0 Å². The van der Waals surface area contributed by atoms with Crippen LogP contribution in [0.4, 0.5) is 0 Å². The number of carbonyl (C=O) groups excluding carboxylic acids is 2. The van der Waals surface area contributed by atoms with Gasteiger partial charge in [-0.3, -0.25) is 14.6 Å². The Labute approximate surface area is 176 Å². The summed E-state index contributed by atoms with van der Waals surface area (Å²) in [5, 5.41) is 6.95. The molecule has 2 amide bonds. The van der Waals surface area contributed by atoms with Gasteiger partial charge in [-0.15, -0.1) is 0 Å². The molecular weight excluding hydrogens is 380 g/mol. The number of piperidine rings is 1. The predicted molar refractivity (Wildman–Crippen MR) is 113 cm³/mol. The second-order valence-electron chi connectivity index (χ2n) is 8.16. The maximum atomic E-state index is 13.0. The zero-order valence-corrected chi connectivity index (χ0v) is 17.4. The SMILES string of the molecule is Cc1ccc(C(=O)N2CCC[C@]3(CC(C(=O)NCc4ccncc4)=NO3)C2)cc1C. The van der Waals surface area contributed by atoms with Crippen LogP contribution in [-0.4, -0.2) is 46.1 Å². The smallest absolute Gasteiger partial charge is 0.269 e. The molecule has 1 aromatic carbocycles. The largest absolute Gasteiger partial charge is 0.386 e. The first-order valence-corrected chi connectivity index (χ1v) is 10.2. The Kier molecular flexibility index (Phi) is 5.53. The Morgan fingerprint density at radius 2 is 1.97 bits per heavy atom. The molecule has 1 aromatic heterocycles. The van der Waals surface area contributed by atoms with Crippen molar-refractivity contribution in [2.75, 3.05) is 13.1 Å². The zero-order valence-electron chi connectivity index (χ0n) is 17.4. The Balaban J connectivity index is 1.38. The molecule has 0 radical (unpaired) electrons. The number of aromatic nitrogens is 1. The molecule has 1 fully saturated rings. The molecule has 1 saturated heterocycles. The summed E-state index contributed by atoms with van der Waals surface area (Å²) < 4.78 is 0. The maximum Gasteiger partial charge on any atom is 0.269 e. The fourth-order valence-corrected chi connectivity index (χ4v) is 3.98. The summed E-state index contributed by atoms with van der Waals surface area (Å²) in [4.78, 5) is 37.1. The van der Waals surface area contributed by atoms with Crippen molar-refractivity contribution in [1.82, 2.24) is 15.2 Å². The number of pyridine rings is 1. The molecule has 1 spiro atoms. The molecule has 30 heavy (non-hydrogen) atoms. The van der Waals surface area contributed by atoms with Crippen LogP contribution in [-0.2, 0) is 16.2 Å². The van der Waals surface area contributed by atoms with Crippen molar-refractivity contribution in [1.29, 1.82) is 0 Å². The first-order valence-electron chi connectivity index (χ1n) is 10.2. The van der Waals surface area contributed by atoms with E-state index in [0.717, 1.165) is 29.5 Å². The molecule has 156 valence electrons. The Morgan fingerprint density at radius 3 is 2.73 bits per heavy atom. The Morgan fingerprint density at radius 1 is 1.17 bits per heavy atom. The number of hydrogen-bond acceptors (Lipinski definition) is 5. The average Bonchev–Trinajstić information content (AvgIpc) is 3.17. The van der Waals surface area contributed by atoms with Crippen LogP contribution in [0.3, 0.4) is 0 Å². The summed E-state index contributed by atoms with van der Waals surface area (Å²) in [5.41, 5.74) is 3.68. The molecule has 4 rings (SSSR count). The van der Waals surface area contributed by atoms with Crippen LogP contribution in [0, 0.1) is 13.8 Å². The van der Waals surface area contributed by atoms with E-state index in [9.17, 15) is 9.59 Å². The fraction of sp³-hybridized carbons (Fsp3) is 0.391. The lowest BCUT2D eigenvalue weighted by Crippen LogP contribution is -2.51. The molecule has 3 heterocycles. The molecule has 7 heteroatoms. The summed E-state index contributed by atoms with van der Waals surface area (Å²) in [6.07, 6.45) is 5.38. The number of hydrogen-bond donors (Lipinski definition) is 1. The number of benzene rings is 1. The third-order valence-corrected chi connectivity index (χ3v) is 5.88. The molecule has 0 unspecified atom stereocenters. The van der Waals surface area contributed by atoms with E-state index in [1.54, 1.807) is 12.4 Å². The van der Waals surface area contributed by atoms with Crippen molar-refractivity contribution < 1.29 is 14.4 Å². The number of oxime groups is 1. The van der Waals surface area contributed by atoms with Gasteiger partial charge in [-0.1, -0.05) is 11.2 Å². The minimum atomic E-state index is -0.614. The van der Waals surface area contributed by atoms with Crippen molar-refractivity contribution in [3.8, 4) is 0 Å². The van der Waals surface area contributed by atoms with Crippen LogP contribution >= 0.6 is 0 Å². The van der Waals surface area contributed by atoms with Crippen LogP contribution < -0.4 is 5.32 Å². The number of carbonyl (C=O) groups is 2. The topological polar surface area (TPSA) is 83.9 Å². The van der Waals surface area contributed by atoms with Gasteiger partial charge in [0, 0.05) is 37.5 Å². The monoisotopic (exact) mass is 406 g/mol. The minimum absolute atomic E-state index is 0.00337. The summed E-state index contributed by atoms with van der Waals surface area (Å²) in [6, 6.07) is 9.49. The summed E-state index contributed by atoms with van der Waals surface area (Å²) in [7, 11) is 0. The van der Waals surface area contributed by atoms with Crippen LogP contribution in [0.1, 0.15) is 46.3 Å². The van der Waals surface area contributed by atoms with Gasteiger partial charge in [0.2, 0.25) is 0 Å². The van der Waals surface area contributed by atoms with Gasteiger partial charge >= 0.3 is 0 Å². The van der Waals surface area contributed by atoms with Crippen molar-refractivity contribution in [3.05, 3.63) is 65.0 Å². The van der Waals surface area contributed by atoms with Gasteiger partial charge in [-0.05, 0) is 67.6 Å². The molecular formula is C23H26N4O3. The second kappa shape index (κ2) is 8.26. The molecule has 1 atom stereocenters. The van der Waals surface area contributed by atoms with Crippen molar-refractivity contribution in [2.45, 2.75) is 45.3 Å². The fourth-order valence-electron chi connectivity index (χ4n) is 3.98. The van der Waals surface area contributed by atoms with E-state index in [1.807, 2.05) is 49.1 Å². The molecule has 2 aliphatic rings. The third-order valence-electron chi connectivity index (χ3n) is 5.88. The third kappa shape index (κ3) is 4.20. The molecule has 0 saturated carbocycles. The standard InChI is InChI=1S/C23H26N4O3/c1-16-4-5-19(12-17(16)2)22(29)27-11-3-8-23(15-27)13-20(26-30-23)21(28)25-14-18-6-9-24-10-7-18/h4-7,9-10,12H,3,8,11,13-15H2,1-2H3,(H,25,28)/t23-/m0/s1. The van der Waals surface area contributed by atoms with E-state index in [1.165, 1.54) is 0 Å². The van der Waals surface area contributed by atoms with E-state index in [0.29, 0.717) is 37.3 Å². The summed E-state index contributed by atoms with van der Waals surface area (Å²) in [6.45, 7) is 5.56. The van der Waals surface area contributed by atoms with Crippen molar-refractivity contribution in [3.63, 3.8) is 0 Å². The molecule has 1 N–H and O–H groups in total. The minimum Gasteiger partial charge on any atom is -0.386 e. The van der Waals surface area contributed by atoms with Crippen molar-refractivity contribution >= 4 is 17.5 Å². The van der Waals surface area contributed by atoms with Crippen LogP contribution in [0.5, 0.6) is 0 Å². The summed E-state index contributed by atoms with van der Waals surface area (Å²) in [5.74, 6) is -0.238. The van der Waals surface area contributed by atoms with Gasteiger partial charge in [0.15, 0.2) is 5.60 Å². The van der Waals surface area contributed by atoms with Gasteiger partial charge in [-0.25, -0.2) is 0 Å². The van der Waals surface area contributed by atoms with E-state index < -0.39 is 5.60 Å². The van der Waals surface area contributed by atoms with E-state index in [2.05, 4.69) is 15.5 Å². The highest BCUT2D eigenvalue weighted by molar-refractivity contribution is 6.39. The van der Waals surface area contributed by atoms with Gasteiger partial charge in [0.25, 0.3) is 11.8 Å². The Bertz CT molecular complexity index is 989. The summed E-state index contributed by atoms with van der Waals surface area (Å²) >= 11 is 0. The van der Waals surface area contributed by atoms with E-state index in [4.69, 9.17) is 4.84 Å². The number of likely N-dealkylation sites (tertiary alicyclic amines) is 1. The average molecular weight is 406 g/mol. The first-order chi connectivity index (χ1) is 14.5. The maximum absolute atomic E-state index is 13.0. The highest BCUT2D eigenvalue weighted by Crippen LogP contribution is 2.34. The molecule has 2 aliphatic heterocycles. The number of nitrogens with zero attached hydrogens (tertiary/aromatic N) is 3. The van der Waals surface area contributed by atoms with Crippen LogP contribution in [0.25, 0.3) is 0 Å². The van der Waals surface area contributed by atoms with Gasteiger partial charge < -0.3 is 15.1 Å². The number of rotatable bonds is 4. The van der Waals surface area contributed by atoms with Gasteiger partial charge in [0.05, 0.1) is 6.54 Å². The molecule has 2 aromatic rings. The second-order valence-corrected chi connectivity index (χ2v) is 8.16. The number of aryl methyl sites for hydroxylation is 2. The van der Waals surface area contributed by atoms with Gasteiger partial charge in [-0.2, -0.15) is 0 Å². The van der Waals surface area contributed by atoms with E-state index >= 15 is 0 Å². The molecule has 0 bridgehead atoms. The quantitative estimate of drug-likeness (QED) is 0.846. The predicted octanol–water partition coefficient (Wildman–Crippen LogP) is 2.77. The number of amides is 2. The lowest BCUT2D eigenvalue weighted by molar-refractivity contribution is -0.115. The molecule has 7 nitrogen and oxygen atoms in total. The lowest BCUT2D eigenvalue weighted by Gasteiger charge is -2.38.